The Balaban J connectivity index is 3.02. The van der Waals surface area contributed by atoms with Gasteiger partial charge in [-0.25, -0.2) is 4.79 Å². The Bertz CT molecular complexity index is 413. The lowest BCUT2D eigenvalue weighted by Gasteiger charge is -2.09. The van der Waals surface area contributed by atoms with Crippen molar-refractivity contribution in [3.8, 4) is 5.75 Å². The van der Waals surface area contributed by atoms with Crippen LogP contribution in [0.2, 0.25) is 0 Å². The molecule has 0 saturated heterocycles. The molecule has 0 spiro atoms. The highest BCUT2D eigenvalue weighted by Gasteiger charge is 2.31. The third-order valence-corrected chi connectivity index (χ3v) is 1.99. The van der Waals surface area contributed by atoms with Gasteiger partial charge in [0.1, 0.15) is 5.75 Å². The van der Waals surface area contributed by atoms with E-state index >= 15 is 0 Å². The summed E-state index contributed by atoms with van der Waals surface area (Å²) in [5, 5.41) is 0. The van der Waals surface area contributed by atoms with Crippen molar-refractivity contribution in [1.82, 2.24) is 0 Å². The van der Waals surface area contributed by atoms with E-state index in [1.54, 1.807) is 0 Å². The van der Waals surface area contributed by atoms with Crippen molar-refractivity contribution in [2.45, 2.75) is 6.36 Å². The summed E-state index contributed by atoms with van der Waals surface area (Å²) in [5.74, 6) is -0.445. The zero-order valence-corrected chi connectivity index (χ0v) is 8.59. The molecular formula is C8H3BrF3NO2. The average Bonchev–Trinajstić information content (AvgIpc) is 2.09. The third-order valence-electron chi connectivity index (χ3n) is 1.32. The average molecular weight is 282 g/mol. The van der Waals surface area contributed by atoms with E-state index in [1.165, 1.54) is 12.1 Å². The molecule has 80 valence electrons. The SMILES string of the molecule is O=C=Nc1cc(OC(F)(F)F)ccc1Br. The van der Waals surface area contributed by atoms with Gasteiger partial charge in [0.2, 0.25) is 6.08 Å². The van der Waals surface area contributed by atoms with Crippen LogP contribution in [0.1, 0.15) is 0 Å². The Morgan fingerprint density at radius 2 is 2.07 bits per heavy atom. The number of halogens is 4. The van der Waals surface area contributed by atoms with Gasteiger partial charge in [0.25, 0.3) is 0 Å². The summed E-state index contributed by atoms with van der Waals surface area (Å²) >= 11 is 3.00. The molecule has 15 heavy (non-hydrogen) atoms. The van der Waals surface area contributed by atoms with E-state index in [0.717, 1.165) is 12.1 Å². The van der Waals surface area contributed by atoms with Crippen LogP contribution in [0.15, 0.2) is 27.7 Å². The molecule has 0 heterocycles. The number of isocyanates is 1. The summed E-state index contributed by atoms with van der Waals surface area (Å²) < 4.78 is 39.5. The number of aliphatic imine (C=N–C) groups is 1. The van der Waals surface area contributed by atoms with E-state index in [2.05, 4.69) is 25.7 Å². The largest absolute Gasteiger partial charge is 0.573 e. The van der Waals surface area contributed by atoms with Crippen LogP contribution in [0.5, 0.6) is 5.75 Å². The minimum Gasteiger partial charge on any atom is -0.406 e. The highest BCUT2D eigenvalue weighted by molar-refractivity contribution is 9.10. The first-order chi connectivity index (χ1) is 6.92. The summed E-state index contributed by atoms with van der Waals surface area (Å²) in [6.45, 7) is 0. The summed E-state index contributed by atoms with van der Waals surface area (Å²) in [4.78, 5) is 13.1. The summed E-state index contributed by atoms with van der Waals surface area (Å²) in [6.07, 6.45) is -3.54. The van der Waals surface area contributed by atoms with Gasteiger partial charge in [-0.15, -0.1) is 13.2 Å². The van der Waals surface area contributed by atoms with Crippen LogP contribution >= 0.6 is 15.9 Å². The molecule has 1 rings (SSSR count). The molecule has 0 aliphatic rings. The number of carbonyl (C=O) groups excluding carboxylic acids is 1. The second-order valence-corrected chi connectivity index (χ2v) is 3.22. The topological polar surface area (TPSA) is 38.7 Å². The van der Waals surface area contributed by atoms with Crippen molar-refractivity contribution in [1.29, 1.82) is 0 Å². The predicted molar refractivity (Wildman–Crippen MR) is 48.6 cm³/mol. The van der Waals surface area contributed by atoms with E-state index in [0.29, 0.717) is 4.47 Å². The van der Waals surface area contributed by atoms with Gasteiger partial charge in [0.15, 0.2) is 0 Å². The molecule has 0 radical (unpaired) electrons. The number of nitrogens with zero attached hydrogens (tertiary/aromatic N) is 1. The number of rotatable bonds is 2. The maximum atomic E-state index is 11.8. The summed E-state index contributed by atoms with van der Waals surface area (Å²) in [5.41, 5.74) is 0.0201. The first-order valence-corrected chi connectivity index (χ1v) is 4.35. The molecule has 0 bridgehead atoms. The monoisotopic (exact) mass is 281 g/mol. The molecular weight excluding hydrogens is 279 g/mol. The second-order valence-electron chi connectivity index (χ2n) is 2.36. The summed E-state index contributed by atoms with van der Waals surface area (Å²) in [7, 11) is 0. The fraction of sp³-hybridized carbons (Fsp3) is 0.125. The molecule has 0 fully saturated rings. The lowest BCUT2D eigenvalue weighted by molar-refractivity contribution is -0.274. The predicted octanol–water partition coefficient (Wildman–Crippen LogP) is 3.32. The van der Waals surface area contributed by atoms with E-state index in [4.69, 9.17) is 0 Å². The molecule has 3 nitrogen and oxygen atoms in total. The second kappa shape index (κ2) is 4.46. The first kappa shape index (κ1) is 11.7. The Labute approximate surface area is 90.7 Å². The molecule has 1 aromatic rings. The van der Waals surface area contributed by atoms with Crippen LogP contribution in [-0.2, 0) is 4.79 Å². The number of hydrogen-bond donors (Lipinski definition) is 0. The summed E-state index contributed by atoms with van der Waals surface area (Å²) in [6, 6.07) is 3.36. The van der Waals surface area contributed by atoms with Crippen molar-refractivity contribution in [3.63, 3.8) is 0 Å². The zero-order valence-electron chi connectivity index (χ0n) is 7.01. The van der Waals surface area contributed by atoms with Gasteiger partial charge in [0.05, 0.1) is 5.69 Å². The number of ether oxygens (including phenoxy) is 1. The van der Waals surface area contributed by atoms with E-state index in [9.17, 15) is 18.0 Å². The molecule has 0 aromatic heterocycles. The van der Waals surface area contributed by atoms with Gasteiger partial charge in [-0.05, 0) is 28.1 Å². The van der Waals surface area contributed by atoms with E-state index < -0.39 is 12.1 Å². The van der Waals surface area contributed by atoms with Crippen LogP contribution < -0.4 is 4.74 Å². The fourth-order valence-corrected chi connectivity index (χ4v) is 1.16. The van der Waals surface area contributed by atoms with E-state index in [-0.39, 0.29) is 5.69 Å². The molecule has 0 amide bonds. The molecule has 0 N–H and O–H groups in total. The fourth-order valence-electron chi connectivity index (χ4n) is 0.824. The van der Waals surface area contributed by atoms with Crippen molar-refractivity contribution >= 4 is 27.7 Å². The Morgan fingerprint density at radius 1 is 1.40 bits per heavy atom. The molecule has 1 aromatic carbocycles. The lowest BCUT2D eigenvalue weighted by Crippen LogP contribution is -2.16. The van der Waals surface area contributed by atoms with Gasteiger partial charge in [-0.3, -0.25) is 0 Å². The highest BCUT2D eigenvalue weighted by atomic mass is 79.9. The van der Waals surface area contributed by atoms with Crippen LogP contribution in [0.25, 0.3) is 0 Å². The minimum atomic E-state index is -4.77. The van der Waals surface area contributed by atoms with Gasteiger partial charge in [0, 0.05) is 10.5 Å². The number of benzene rings is 1. The number of alkyl halides is 3. The standard InChI is InChI=1S/C8H3BrF3NO2/c9-6-2-1-5(15-8(10,11)12)3-7(6)13-4-14/h1-3H. The van der Waals surface area contributed by atoms with Gasteiger partial charge in [-0.2, -0.15) is 4.99 Å². The first-order valence-electron chi connectivity index (χ1n) is 3.55. The molecule has 0 aliphatic heterocycles. The van der Waals surface area contributed by atoms with Crippen molar-refractivity contribution < 1.29 is 22.7 Å². The van der Waals surface area contributed by atoms with Crippen LogP contribution in [-0.4, -0.2) is 12.4 Å². The highest BCUT2D eigenvalue weighted by Crippen LogP contribution is 2.31. The van der Waals surface area contributed by atoms with E-state index in [1.807, 2.05) is 0 Å². The molecule has 7 heteroatoms. The quantitative estimate of drug-likeness (QED) is 0.616. The van der Waals surface area contributed by atoms with Crippen LogP contribution in [0, 0.1) is 0 Å². The molecule has 0 atom stereocenters. The van der Waals surface area contributed by atoms with Crippen molar-refractivity contribution in [2.75, 3.05) is 0 Å². The van der Waals surface area contributed by atoms with Crippen molar-refractivity contribution in [3.05, 3.63) is 22.7 Å². The van der Waals surface area contributed by atoms with Gasteiger partial charge in [-0.1, -0.05) is 0 Å². The van der Waals surface area contributed by atoms with Crippen LogP contribution in [0.4, 0.5) is 18.9 Å². The molecule has 0 unspecified atom stereocenters. The zero-order chi connectivity index (χ0) is 11.5. The maximum absolute atomic E-state index is 11.8. The van der Waals surface area contributed by atoms with Gasteiger partial charge >= 0.3 is 6.36 Å². The third kappa shape index (κ3) is 3.73. The van der Waals surface area contributed by atoms with Crippen LogP contribution in [0.3, 0.4) is 0 Å². The number of hydrogen-bond acceptors (Lipinski definition) is 3. The molecule has 0 saturated carbocycles. The Kier molecular flexibility index (Phi) is 3.49. The van der Waals surface area contributed by atoms with Crippen molar-refractivity contribution in [2.24, 2.45) is 4.99 Å². The van der Waals surface area contributed by atoms with Gasteiger partial charge < -0.3 is 4.74 Å². The normalized spacial score (nSPS) is 10.7. The smallest absolute Gasteiger partial charge is 0.406 e. The lowest BCUT2D eigenvalue weighted by atomic mass is 10.3. The Morgan fingerprint density at radius 3 is 2.60 bits per heavy atom. The maximum Gasteiger partial charge on any atom is 0.573 e. The molecule has 0 aliphatic carbocycles. The Hall–Kier alpha value is -1.33. The minimum absolute atomic E-state index is 0.0201.